The minimum absolute atomic E-state index is 0.887. The predicted molar refractivity (Wildman–Crippen MR) is 258 cm³/mol. The highest BCUT2D eigenvalue weighted by Gasteiger charge is 2.22. The van der Waals surface area contributed by atoms with Gasteiger partial charge in [0.15, 0.2) is 0 Å². The summed E-state index contributed by atoms with van der Waals surface area (Å²) >= 11 is 1.87. The number of hydrogen-bond donors (Lipinski definition) is 0. The number of benzene rings is 11. The van der Waals surface area contributed by atoms with Crippen molar-refractivity contribution in [3.63, 3.8) is 0 Å². The number of thiophene rings is 1. The van der Waals surface area contributed by atoms with Gasteiger partial charge in [-0.15, -0.1) is 11.3 Å². The molecule has 2 heterocycles. The van der Waals surface area contributed by atoms with Crippen LogP contribution in [0.1, 0.15) is 0 Å². The average molecular weight is 779 g/mol. The van der Waals surface area contributed by atoms with Gasteiger partial charge < -0.3 is 4.42 Å². The van der Waals surface area contributed by atoms with E-state index in [2.05, 4.69) is 206 Å². The molecule has 0 bridgehead atoms. The molecule has 0 aliphatic heterocycles. The molecule has 13 aromatic rings. The van der Waals surface area contributed by atoms with Crippen LogP contribution in [0, 0.1) is 0 Å². The Bertz CT molecular complexity index is 3770. The third-order valence-electron chi connectivity index (χ3n) is 12.6. The fourth-order valence-corrected chi connectivity index (χ4v) is 11.3. The third kappa shape index (κ3) is 4.86. The monoisotopic (exact) mass is 778 g/mol. The maximum Gasteiger partial charge on any atom is 0.136 e. The van der Waals surface area contributed by atoms with Crippen molar-refractivity contribution in [2.24, 2.45) is 0 Å². The van der Waals surface area contributed by atoms with E-state index in [1.165, 1.54) is 108 Å². The van der Waals surface area contributed by atoms with Crippen LogP contribution in [0.4, 0.5) is 0 Å². The second-order valence-electron chi connectivity index (χ2n) is 15.8. The van der Waals surface area contributed by atoms with Crippen LogP contribution in [0.2, 0.25) is 0 Å². The summed E-state index contributed by atoms with van der Waals surface area (Å²) < 4.78 is 9.38. The summed E-state index contributed by atoms with van der Waals surface area (Å²) in [5, 5.41) is 14.8. The molecule has 0 aliphatic carbocycles. The summed E-state index contributed by atoms with van der Waals surface area (Å²) in [6, 6.07) is 75.7. The van der Waals surface area contributed by atoms with Crippen molar-refractivity contribution in [1.29, 1.82) is 0 Å². The smallest absolute Gasteiger partial charge is 0.136 e. The molecule has 0 fully saturated rings. The van der Waals surface area contributed by atoms with Gasteiger partial charge in [-0.2, -0.15) is 0 Å². The van der Waals surface area contributed by atoms with E-state index in [1.807, 2.05) is 11.3 Å². The first-order chi connectivity index (χ1) is 29.8. The van der Waals surface area contributed by atoms with Crippen molar-refractivity contribution in [1.82, 2.24) is 0 Å². The fraction of sp³-hybridized carbons (Fsp3) is 0. The maximum atomic E-state index is 6.74. The molecule has 0 saturated carbocycles. The Kier molecular flexibility index (Phi) is 7.24. The first-order valence-corrected chi connectivity index (χ1v) is 21.4. The number of fused-ring (bicyclic) bond motifs is 10. The molecule has 0 unspecified atom stereocenters. The number of furan rings is 1. The summed E-state index contributed by atoms with van der Waals surface area (Å²) in [7, 11) is 0. The molecule has 60 heavy (non-hydrogen) atoms. The van der Waals surface area contributed by atoms with Crippen molar-refractivity contribution < 1.29 is 4.42 Å². The molecule has 1 nitrogen and oxygen atoms in total. The van der Waals surface area contributed by atoms with Crippen LogP contribution in [0.25, 0.3) is 130 Å². The minimum Gasteiger partial charge on any atom is -0.456 e. The third-order valence-corrected chi connectivity index (χ3v) is 13.8. The van der Waals surface area contributed by atoms with Crippen LogP contribution in [0.5, 0.6) is 0 Å². The van der Waals surface area contributed by atoms with Crippen molar-refractivity contribution in [3.05, 3.63) is 206 Å². The second kappa shape index (κ2) is 13.0. The van der Waals surface area contributed by atoms with Crippen LogP contribution < -0.4 is 0 Å². The van der Waals surface area contributed by atoms with Gasteiger partial charge in [0.05, 0.1) is 0 Å². The van der Waals surface area contributed by atoms with E-state index in [9.17, 15) is 0 Å². The highest BCUT2D eigenvalue weighted by molar-refractivity contribution is 7.25. The Labute approximate surface area is 350 Å². The SMILES string of the molecule is c1ccc(-c2c3ccccc3c(-c3ccc4oc5cccc(-c6c7ccccc7c(-c7ccc8c(c7)sc7ccccc78)c7ccccc67)c5c4c3)c3ccccc23)cc1. The van der Waals surface area contributed by atoms with Gasteiger partial charge in [0.25, 0.3) is 0 Å². The van der Waals surface area contributed by atoms with Gasteiger partial charge in [0.1, 0.15) is 11.2 Å². The molecular formula is C58H34OS. The predicted octanol–water partition coefficient (Wildman–Crippen LogP) is 17.2. The average Bonchev–Trinajstić information content (AvgIpc) is 3.88. The highest BCUT2D eigenvalue weighted by atomic mass is 32.1. The Morgan fingerprint density at radius 1 is 0.267 bits per heavy atom. The van der Waals surface area contributed by atoms with E-state index in [-0.39, 0.29) is 0 Å². The van der Waals surface area contributed by atoms with Crippen LogP contribution >= 0.6 is 11.3 Å². The van der Waals surface area contributed by atoms with Gasteiger partial charge >= 0.3 is 0 Å². The van der Waals surface area contributed by atoms with Crippen LogP contribution in [-0.4, -0.2) is 0 Å². The lowest BCUT2D eigenvalue weighted by molar-refractivity contribution is 0.669. The number of hydrogen-bond acceptors (Lipinski definition) is 2. The van der Waals surface area contributed by atoms with E-state index in [0.29, 0.717) is 0 Å². The van der Waals surface area contributed by atoms with E-state index in [4.69, 9.17) is 4.42 Å². The van der Waals surface area contributed by atoms with Gasteiger partial charge in [-0.25, -0.2) is 0 Å². The van der Waals surface area contributed by atoms with Crippen LogP contribution in [0.15, 0.2) is 211 Å². The van der Waals surface area contributed by atoms with E-state index >= 15 is 0 Å². The lowest BCUT2D eigenvalue weighted by Crippen LogP contribution is -1.91. The standard InChI is InChI=1S/C58H34OS/c1-2-15-35(16-3-1)54-40-18-4-6-20-42(40)55(43-21-7-5-19-41(43)54)36-30-32-50-49(33-36)58-48(26-14-27-51(58)59-50)57-46-24-10-8-22-44(46)56(45-23-9-11-25-47(45)57)37-29-31-39-38-17-12-13-28-52(38)60-53(39)34-37/h1-34H. The zero-order chi connectivity index (χ0) is 39.3. The molecule has 11 aromatic carbocycles. The molecule has 0 saturated heterocycles. The zero-order valence-electron chi connectivity index (χ0n) is 32.4. The van der Waals surface area contributed by atoms with Crippen molar-refractivity contribution >= 4 is 96.5 Å². The van der Waals surface area contributed by atoms with Crippen LogP contribution in [0.3, 0.4) is 0 Å². The summed E-state index contributed by atoms with van der Waals surface area (Å²) in [4.78, 5) is 0. The quantitative estimate of drug-likeness (QED) is 0.162. The summed E-state index contributed by atoms with van der Waals surface area (Å²) in [6.45, 7) is 0. The lowest BCUT2D eigenvalue weighted by atomic mass is 9.84. The lowest BCUT2D eigenvalue weighted by Gasteiger charge is -2.18. The van der Waals surface area contributed by atoms with E-state index < -0.39 is 0 Å². The summed E-state index contributed by atoms with van der Waals surface area (Å²) in [6.07, 6.45) is 0. The summed E-state index contributed by atoms with van der Waals surface area (Å²) in [5.74, 6) is 0. The molecule has 0 atom stereocenters. The van der Waals surface area contributed by atoms with E-state index in [1.54, 1.807) is 0 Å². The highest BCUT2D eigenvalue weighted by Crippen LogP contribution is 2.49. The maximum absolute atomic E-state index is 6.74. The van der Waals surface area contributed by atoms with Crippen molar-refractivity contribution in [2.45, 2.75) is 0 Å². The molecule has 0 N–H and O–H groups in total. The molecule has 0 radical (unpaired) electrons. The summed E-state index contributed by atoms with van der Waals surface area (Å²) in [5.41, 5.74) is 11.6. The molecular weight excluding hydrogens is 745 g/mol. The Morgan fingerprint density at radius 2 is 0.733 bits per heavy atom. The molecule has 0 aliphatic rings. The first kappa shape index (κ1) is 33.5. The molecule has 278 valence electrons. The van der Waals surface area contributed by atoms with Gasteiger partial charge in [-0.3, -0.25) is 0 Å². The molecule has 0 spiro atoms. The topological polar surface area (TPSA) is 13.1 Å². The van der Waals surface area contributed by atoms with Crippen molar-refractivity contribution in [3.8, 4) is 44.5 Å². The van der Waals surface area contributed by atoms with E-state index in [0.717, 1.165) is 21.9 Å². The van der Waals surface area contributed by atoms with Crippen molar-refractivity contribution in [2.75, 3.05) is 0 Å². The molecule has 0 amide bonds. The largest absolute Gasteiger partial charge is 0.456 e. The van der Waals surface area contributed by atoms with Gasteiger partial charge in [-0.1, -0.05) is 176 Å². The number of rotatable bonds is 4. The first-order valence-electron chi connectivity index (χ1n) is 20.6. The Morgan fingerprint density at radius 3 is 1.33 bits per heavy atom. The van der Waals surface area contributed by atoms with Crippen LogP contribution in [-0.2, 0) is 0 Å². The zero-order valence-corrected chi connectivity index (χ0v) is 33.3. The normalized spacial score (nSPS) is 12.0. The molecule has 2 heteroatoms. The van der Waals surface area contributed by atoms with Gasteiger partial charge in [0.2, 0.25) is 0 Å². The molecule has 13 rings (SSSR count). The fourth-order valence-electron chi connectivity index (χ4n) is 10.2. The molecule has 2 aromatic heterocycles. The minimum atomic E-state index is 0.887. The van der Waals surface area contributed by atoms with Gasteiger partial charge in [0, 0.05) is 30.9 Å². The second-order valence-corrected chi connectivity index (χ2v) is 16.9. The van der Waals surface area contributed by atoms with Gasteiger partial charge in [-0.05, 0) is 118 Å². The Balaban J connectivity index is 1.08. The Hall–Kier alpha value is -7.52.